The van der Waals surface area contributed by atoms with Gasteiger partial charge in [-0.3, -0.25) is 5.32 Å². The van der Waals surface area contributed by atoms with Gasteiger partial charge in [0.1, 0.15) is 6.61 Å². The summed E-state index contributed by atoms with van der Waals surface area (Å²) >= 11 is 9.14. The first-order valence-corrected chi connectivity index (χ1v) is 6.75. The average Bonchev–Trinajstić information content (AvgIpc) is 2.41. The Morgan fingerprint density at radius 1 is 1.21 bits per heavy atom. The summed E-state index contributed by atoms with van der Waals surface area (Å²) in [5.41, 5.74) is 1.55. The minimum Gasteiger partial charge on any atom is -0.444 e. The molecular formula is C14H11BrClNO2. The van der Waals surface area contributed by atoms with Crippen molar-refractivity contribution in [1.29, 1.82) is 0 Å². The van der Waals surface area contributed by atoms with E-state index in [1.807, 2.05) is 30.3 Å². The highest BCUT2D eigenvalue weighted by Crippen LogP contribution is 2.25. The lowest BCUT2D eigenvalue weighted by Gasteiger charge is -2.08. The van der Waals surface area contributed by atoms with Crippen molar-refractivity contribution < 1.29 is 9.53 Å². The molecule has 1 N–H and O–H groups in total. The highest BCUT2D eigenvalue weighted by molar-refractivity contribution is 9.10. The zero-order chi connectivity index (χ0) is 13.7. The number of carbonyl (C=O) groups is 1. The van der Waals surface area contributed by atoms with Gasteiger partial charge >= 0.3 is 6.09 Å². The maximum atomic E-state index is 11.6. The van der Waals surface area contributed by atoms with Crippen LogP contribution in [0.2, 0.25) is 5.02 Å². The molecule has 0 aromatic heterocycles. The van der Waals surface area contributed by atoms with Gasteiger partial charge in [-0.05, 0) is 39.7 Å². The van der Waals surface area contributed by atoms with E-state index in [1.54, 1.807) is 18.2 Å². The number of amides is 1. The standard InChI is InChI=1S/C14H11BrClNO2/c15-12-8-11(16)6-7-13(12)17-14(18)19-9-10-4-2-1-3-5-10/h1-8H,9H2,(H,17,18). The quantitative estimate of drug-likeness (QED) is 0.867. The van der Waals surface area contributed by atoms with Crippen molar-refractivity contribution in [3.63, 3.8) is 0 Å². The molecule has 5 heteroatoms. The van der Waals surface area contributed by atoms with Gasteiger partial charge in [0, 0.05) is 9.50 Å². The molecule has 0 atom stereocenters. The number of carbonyl (C=O) groups excluding carboxylic acids is 1. The summed E-state index contributed by atoms with van der Waals surface area (Å²) in [6.07, 6.45) is -0.508. The second-order valence-electron chi connectivity index (χ2n) is 3.81. The molecule has 2 rings (SSSR count). The minimum atomic E-state index is -0.508. The number of rotatable bonds is 3. The first kappa shape index (κ1) is 13.9. The van der Waals surface area contributed by atoms with E-state index in [0.717, 1.165) is 5.56 Å². The maximum absolute atomic E-state index is 11.6. The lowest BCUT2D eigenvalue weighted by atomic mass is 10.2. The van der Waals surface area contributed by atoms with E-state index in [1.165, 1.54) is 0 Å². The summed E-state index contributed by atoms with van der Waals surface area (Å²) in [6, 6.07) is 14.6. The Balaban J connectivity index is 1.91. The molecule has 0 aliphatic carbocycles. The van der Waals surface area contributed by atoms with E-state index in [9.17, 15) is 4.79 Å². The summed E-state index contributed by atoms with van der Waals surface area (Å²) in [6.45, 7) is 0.234. The van der Waals surface area contributed by atoms with Crippen LogP contribution in [0.3, 0.4) is 0 Å². The third-order valence-corrected chi connectivity index (χ3v) is 3.27. The molecule has 0 aliphatic rings. The van der Waals surface area contributed by atoms with Gasteiger partial charge in [0.05, 0.1) is 5.69 Å². The van der Waals surface area contributed by atoms with Gasteiger partial charge in [-0.25, -0.2) is 4.79 Å². The van der Waals surface area contributed by atoms with Crippen LogP contribution in [0.25, 0.3) is 0 Å². The lowest BCUT2D eigenvalue weighted by Crippen LogP contribution is -2.13. The zero-order valence-corrected chi connectivity index (χ0v) is 12.2. The van der Waals surface area contributed by atoms with E-state index in [0.29, 0.717) is 15.2 Å². The van der Waals surface area contributed by atoms with Crippen molar-refractivity contribution in [1.82, 2.24) is 0 Å². The van der Waals surface area contributed by atoms with Gasteiger partial charge < -0.3 is 4.74 Å². The van der Waals surface area contributed by atoms with Crippen molar-refractivity contribution in [2.75, 3.05) is 5.32 Å². The largest absolute Gasteiger partial charge is 0.444 e. The summed E-state index contributed by atoms with van der Waals surface area (Å²) < 4.78 is 5.82. The molecule has 0 unspecified atom stereocenters. The third kappa shape index (κ3) is 4.26. The van der Waals surface area contributed by atoms with Crippen LogP contribution in [0, 0.1) is 0 Å². The highest BCUT2D eigenvalue weighted by atomic mass is 79.9. The molecule has 19 heavy (non-hydrogen) atoms. The van der Waals surface area contributed by atoms with Gasteiger partial charge in [-0.15, -0.1) is 0 Å². The van der Waals surface area contributed by atoms with Crippen molar-refractivity contribution in [3.8, 4) is 0 Å². The van der Waals surface area contributed by atoms with Crippen LogP contribution in [0.1, 0.15) is 5.56 Å². The monoisotopic (exact) mass is 339 g/mol. The molecule has 0 radical (unpaired) electrons. The van der Waals surface area contributed by atoms with Crippen LogP contribution >= 0.6 is 27.5 Å². The molecular weight excluding hydrogens is 330 g/mol. The Kier molecular flexibility index (Phi) is 4.82. The molecule has 0 aliphatic heterocycles. The van der Waals surface area contributed by atoms with Gasteiger partial charge in [0.15, 0.2) is 0 Å². The van der Waals surface area contributed by atoms with Crippen LogP contribution < -0.4 is 5.32 Å². The summed E-state index contributed by atoms with van der Waals surface area (Å²) in [7, 11) is 0. The van der Waals surface area contributed by atoms with Crippen molar-refractivity contribution in [2.45, 2.75) is 6.61 Å². The highest BCUT2D eigenvalue weighted by Gasteiger charge is 2.07. The summed E-state index contributed by atoms with van der Waals surface area (Å²) in [5.74, 6) is 0. The number of hydrogen-bond acceptors (Lipinski definition) is 2. The van der Waals surface area contributed by atoms with Crippen molar-refractivity contribution in [2.24, 2.45) is 0 Å². The molecule has 0 spiro atoms. The number of hydrogen-bond donors (Lipinski definition) is 1. The summed E-state index contributed by atoms with van der Waals surface area (Å²) in [4.78, 5) is 11.6. The number of nitrogens with one attached hydrogen (secondary N) is 1. The number of halogens is 2. The van der Waals surface area contributed by atoms with E-state index < -0.39 is 6.09 Å². The van der Waals surface area contributed by atoms with E-state index in [-0.39, 0.29) is 6.61 Å². The lowest BCUT2D eigenvalue weighted by molar-refractivity contribution is 0.155. The molecule has 98 valence electrons. The van der Waals surface area contributed by atoms with Crippen LogP contribution in [0.5, 0.6) is 0 Å². The maximum Gasteiger partial charge on any atom is 0.411 e. The van der Waals surface area contributed by atoms with Crippen molar-refractivity contribution in [3.05, 3.63) is 63.6 Å². The fourth-order valence-electron chi connectivity index (χ4n) is 1.46. The molecule has 0 saturated heterocycles. The van der Waals surface area contributed by atoms with Gasteiger partial charge in [0.2, 0.25) is 0 Å². The van der Waals surface area contributed by atoms with Gasteiger partial charge in [-0.2, -0.15) is 0 Å². The SMILES string of the molecule is O=C(Nc1ccc(Cl)cc1Br)OCc1ccccc1. The van der Waals surface area contributed by atoms with E-state index >= 15 is 0 Å². The number of benzene rings is 2. The molecule has 3 nitrogen and oxygen atoms in total. The predicted octanol–water partition coefficient (Wildman–Crippen LogP) is 4.85. The zero-order valence-electron chi connectivity index (χ0n) is 9.90. The van der Waals surface area contributed by atoms with Crippen LogP contribution in [-0.4, -0.2) is 6.09 Å². The molecule has 1 amide bonds. The number of ether oxygens (including phenoxy) is 1. The molecule has 2 aromatic carbocycles. The van der Waals surface area contributed by atoms with E-state index in [2.05, 4.69) is 21.2 Å². The van der Waals surface area contributed by atoms with Crippen LogP contribution in [0.15, 0.2) is 53.0 Å². The predicted molar refractivity (Wildman–Crippen MR) is 79.4 cm³/mol. The number of anilines is 1. The Morgan fingerprint density at radius 2 is 1.95 bits per heavy atom. The van der Waals surface area contributed by atoms with Gasteiger partial charge in [0.25, 0.3) is 0 Å². The van der Waals surface area contributed by atoms with Crippen LogP contribution in [0.4, 0.5) is 10.5 Å². The smallest absolute Gasteiger partial charge is 0.411 e. The van der Waals surface area contributed by atoms with Gasteiger partial charge in [-0.1, -0.05) is 41.9 Å². The van der Waals surface area contributed by atoms with Crippen LogP contribution in [-0.2, 0) is 11.3 Å². The first-order valence-electron chi connectivity index (χ1n) is 5.58. The Labute approximate surface area is 124 Å². The van der Waals surface area contributed by atoms with E-state index in [4.69, 9.17) is 16.3 Å². The molecule has 2 aromatic rings. The fourth-order valence-corrected chi connectivity index (χ4v) is 2.24. The second-order valence-corrected chi connectivity index (χ2v) is 5.10. The topological polar surface area (TPSA) is 38.3 Å². The minimum absolute atomic E-state index is 0.234. The summed E-state index contributed by atoms with van der Waals surface area (Å²) in [5, 5.41) is 3.23. The molecule has 0 saturated carbocycles. The first-order chi connectivity index (χ1) is 9.15. The fraction of sp³-hybridized carbons (Fsp3) is 0.0714. The third-order valence-electron chi connectivity index (χ3n) is 2.38. The second kappa shape index (κ2) is 6.59. The van der Waals surface area contributed by atoms with Crippen molar-refractivity contribution >= 4 is 39.3 Å². The molecule has 0 bridgehead atoms. The molecule has 0 fully saturated rings. The Hall–Kier alpha value is -1.52. The normalized spacial score (nSPS) is 10.0. The molecule has 0 heterocycles. The Bertz CT molecular complexity index is 575. The Morgan fingerprint density at radius 3 is 2.63 bits per heavy atom. The average molecular weight is 341 g/mol.